The van der Waals surface area contributed by atoms with E-state index < -0.39 is 0 Å². The first-order chi connectivity index (χ1) is 13.7. The zero-order valence-corrected chi connectivity index (χ0v) is 15.8. The van der Waals surface area contributed by atoms with Crippen molar-refractivity contribution in [2.75, 3.05) is 25.0 Å². The Morgan fingerprint density at radius 3 is 2.71 bits per heavy atom. The Balaban J connectivity index is 1.58. The maximum Gasteiger partial charge on any atom is 0.258 e. The van der Waals surface area contributed by atoms with Crippen LogP contribution >= 0.6 is 0 Å². The number of amides is 1. The highest BCUT2D eigenvalue weighted by molar-refractivity contribution is 6.04. The molecule has 0 aliphatic carbocycles. The van der Waals surface area contributed by atoms with Gasteiger partial charge in [0.15, 0.2) is 0 Å². The molecule has 1 aliphatic rings. The number of carbonyl (C=O) groups excluding carboxylic acids is 1. The number of nitrogens with zero attached hydrogens (tertiary/aromatic N) is 4. The van der Waals surface area contributed by atoms with Gasteiger partial charge in [0, 0.05) is 18.7 Å². The largest absolute Gasteiger partial charge is 0.309 e. The number of hydrogen-bond acceptors (Lipinski definition) is 4. The van der Waals surface area contributed by atoms with E-state index in [0.717, 1.165) is 37.2 Å². The summed E-state index contributed by atoms with van der Waals surface area (Å²) in [5, 5.41) is 12.0. The molecule has 0 saturated carbocycles. The molecule has 28 heavy (non-hydrogen) atoms. The van der Waals surface area contributed by atoms with Crippen LogP contribution in [0.3, 0.4) is 0 Å². The topological polar surface area (TPSA) is 74.0 Å². The van der Waals surface area contributed by atoms with Gasteiger partial charge in [-0.1, -0.05) is 24.6 Å². The van der Waals surface area contributed by atoms with Gasteiger partial charge in [-0.2, -0.15) is 5.26 Å². The van der Waals surface area contributed by atoms with Crippen molar-refractivity contribution in [3.8, 4) is 6.07 Å². The van der Waals surface area contributed by atoms with Crippen LogP contribution in [0.1, 0.15) is 35.2 Å². The van der Waals surface area contributed by atoms with Crippen molar-refractivity contribution in [1.29, 1.82) is 5.26 Å². The number of fused-ring (bicyclic) bond motifs is 1. The number of rotatable bonds is 5. The monoisotopic (exact) mass is 373 g/mol. The molecule has 1 N–H and O–H groups in total. The average molecular weight is 373 g/mol. The second kappa shape index (κ2) is 8.24. The van der Waals surface area contributed by atoms with Crippen LogP contribution in [0.5, 0.6) is 0 Å². The molecular formula is C22H23N5O. The van der Waals surface area contributed by atoms with E-state index in [1.165, 1.54) is 19.3 Å². The second-order valence-electron chi connectivity index (χ2n) is 7.12. The van der Waals surface area contributed by atoms with Gasteiger partial charge in [-0.3, -0.25) is 10.1 Å². The van der Waals surface area contributed by atoms with Crippen LogP contribution in [0.4, 0.5) is 5.95 Å². The summed E-state index contributed by atoms with van der Waals surface area (Å²) in [5.41, 5.74) is 2.79. The van der Waals surface area contributed by atoms with Crippen LogP contribution in [0, 0.1) is 11.3 Å². The first-order valence-corrected chi connectivity index (χ1v) is 9.74. The second-order valence-corrected chi connectivity index (χ2v) is 7.12. The number of piperidine rings is 1. The number of anilines is 1. The van der Waals surface area contributed by atoms with Crippen molar-refractivity contribution in [2.24, 2.45) is 0 Å². The molecule has 1 amide bonds. The number of para-hydroxylation sites is 2. The van der Waals surface area contributed by atoms with E-state index in [0.29, 0.717) is 17.1 Å². The number of nitriles is 1. The highest BCUT2D eigenvalue weighted by Gasteiger charge is 2.16. The predicted octanol–water partition coefficient (Wildman–Crippen LogP) is 3.65. The Morgan fingerprint density at radius 1 is 1.07 bits per heavy atom. The highest BCUT2D eigenvalue weighted by atomic mass is 16.1. The maximum absolute atomic E-state index is 12.7. The smallest absolute Gasteiger partial charge is 0.258 e. The van der Waals surface area contributed by atoms with Crippen molar-refractivity contribution in [2.45, 2.75) is 25.8 Å². The summed E-state index contributed by atoms with van der Waals surface area (Å²) in [7, 11) is 0. The molecule has 2 aromatic carbocycles. The van der Waals surface area contributed by atoms with Crippen molar-refractivity contribution in [1.82, 2.24) is 14.5 Å². The summed E-state index contributed by atoms with van der Waals surface area (Å²) >= 11 is 0. The molecule has 0 unspecified atom stereocenters. The highest BCUT2D eigenvalue weighted by Crippen LogP contribution is 2.21. The summed E-state index contributed by atoms with van der Waals surface area (Å²) in [6, 6.07) is 16.7. The molecule has 1 aliphatic heterocycles. The number of aromatic nitrogens is 2. The molecule has 6 heteroatoms. The zero-order chi connectivity index (χ0) is 19.3. The van der Waals surface area contributed by atoms with Crippen LogP contribution in [-0.2, 0) is 6.54 Å². The van der Waals surface area contributed by atoms with Gasteiger partial charge in [-0.25, -0.2) is 4.98 Å². The third kappa shape index (κ3) is 3.90. The number of benzene rings is 2. The Bertz CT molecular complexity index is 1030. The molecule has 0 spiro atoms. The van der Waals surface area contributed by atoms with E-state index >= 15 is 0 Å². The molecule has 142 valence electrons. The van der Waals surface area contributed by atoms with Crippen LogP contribution in [0.15, 0.2) is 48.5 Å². The fraction of sp³-hybridized carbons (Fsp3) is 0.318. The van der Waals surface area contributed by atoms with E-state index in [2.05, 4.69) is 25.8 Å². The van der Waals surface area contributed by atoms with E-state index in [1.54, 1.807) is 24.3 Å². The fourth-order valence-corrected chi connectivity index (χ4v) is 3.73. The SMILES string of the molecule is N#Cc1cccc(C(=O)Nc2nc3ccccc3n2CCN2CCCCC2)c1. The molecule has 1 fully saturated rings. The fourth-order valence-electron chi connectivity index (χ4n) is 3.73. The van der Waals surface area contributed by atoms with Gasteiger partial charge in [0.05, 0.1) is 22.7 Å². The first kappa shape index (κ1) is 18.2. The van der Waals surface area contributed by atoms with E-state index in [9.17, 15) is 4.79 Å². The molecular weight excluding hydrogens is 350 g/mol. The molecule has 6 nitrogen and oxygen atoms in total. The lowest BCUT2D eigenvalue weighted by Gasteiger charge is -2.26. The van der Waals surface area contributed by atoms with Gasteiger partial charge in [0.1, 0.15) is 0 Å². The Hall–Kier alpha value is -3.17. The normalized spacial score (nSPS) is 14.7. The van der Waals surface area contributed by atoms with Gasteiger partial charge in [-0.15, -0.1) is 0 Å². The minimum Gasteiger partial charge on any atom is -0.309 e. The molecule has 4 rings (SSSR count). The van der Waals surface area contributed by atoms with Crippen molar-refractivity contribution >= 4 is 22.9 Å². The molecule has 1 aromatic heterocycles. The standard InChI is InChI=1S/C22H23N5O/c23-16-17-7-6-8-18(15-17)21(28)25-22-24-19-9-2-3-10-20(19)27(22)14-13-26-11-4-1-5-12-26/h2-3,6-10,15H,1,4-5,11-14H2,(H,24,25,28). The Morgan fingerprint density at radius 2 is 1.89 bits per heavy atom. The predicted molar refractivity (Wildman–Crippen MR) is 109 cm³/mol. The minimum atomic E-state index is -0.258. The van der Waals surface area contributed by atoms with Gasteiger partial charge in [0.25, 0.3) is 5.91 Å². The van der Waals surface area contributed by atoms with Gasteiger partial charge in [0.2, 0.25) is 5.95 Å². The molecule has 3 aromatic rings. The molecule has 2 heterocycles. The summed E-state index contributed by atoms with van der Waals surface area (Å²) < 4.78 is 2.08. The number of imidazole rings is 1. The van der Waals surface area contributed by atoms with Crippen molar-refractivity contribution in [3.63, 3.8) is 0 Å². The van der Waals surface area contributed by atoms with Crippen molar-refractivity contribution in [3.05, 3.63) is 59.7 Å². The third-order valence-corrected chi connectivity index (χ3v) is 5.22. The Kier molecular flexibility index (Phi) is 5.36. The number of carbonyl (C=O) groups is 1. The van der Waals surface area contributed by atoms with E-state index in [1.807, 2.05) is 24.3 Å². The minimum absolute atomic E-state index is 0.258. The first-order valence-electron chi connectivity index (χ1n) is 9.74. The maximum atomic E-state index is 12.7. The van der Waals surface area contributed by atoms with Crippen LogP contribution < -0.4 is 5.32 Å². The van der Waals surface area contributed by atoms with Crippen LogP contribution in [-0.4, -0.2) is 40.0 Å². The molecule has 1 saturated heterocycles. The van der Waals surface area contributed by atoms with E-state index in [-0.39, 0.29) is 5.91 Å². The summed E-state index contributed by atoms with van der Waals surface area (Å²) in [4.78, 5) is 19.8. The molecule has 0 atom stereocenters. The molecule has 0 radical (unpaired) electrons. The lowest BCUT2D eigenvalue weighted by atomic mass is 10.1. The number of hydrogen-bond donors (Lipinski definition) is 1. The van der Waals surface area contributed by atoms with Crippen LogP contribution in [0.2, 0.25) is 0 Å². The zero-order valence-electron chi connectivity index (χ0n) is 15.8. The van der Waals surface area contributed by atoms with Gasteiger partial charge >= 0.3 is 0 Å². The quantitative estimate of drug-likeness (QED) is 0.741. The number of likely N-dealkylation sites (tertiary alicyclic amines) is 1. The summed E-state index contributed by atoms with van der Waals surface area (Å²) in [6.07, 6.45) is 3.82. The van der Waals surface area contributed by atoms with Gasteiger partial charge in [-0.05, 0) is 56.3 Å². The number of nitrogens with one attached hydrogen (secondary N) is 1. The lowest BCUT2D eigenvalue weighted by Crippen LogP contribution is -2.32. The summed E-state index contributed by atoms with van der Waals surface area (Å²) in [6.45, 7) is 3.98. The lowest BCUT2D eigenvalue weighted by molar-refractivity contribution is 0.102. The van der Waals surface area contributed by atoms with Crippen molar-refractivity contribution < 1.29 is 4.79 Å². The van der Waals surface area contributed by atoms with Crippen LogP contribution in [0.25, 0.3) is 11.0 Å². The van der Waals surface area contributed by atoms with Gasteiger partial charge < -0.3 is 9.47 Å². The third-order valence-electron chi connectivity index (χ3n) is 5.22. The average Bonchev–Trinajstić information content (AvgIpc) is 3.10. The van der Waals surface area contributed by atoms with E-state index in [4.69, 9.17) is 5.26 Å². The molecule has 0 bridgehead atoms. The Labute approximate surface area is 164 Å². The summed E-state index contributed by atoms with van der Waals surface area (Å²) in [5.74, 6) is 0.289.